The summed E-state index contributed by atoms with van der Waals surface area (Å²) in [4.78, 5) is 14.8. The van der Waals surface area contributed by atoms with E-state index in [-0.39, 0.29) is 5.78 Å². The summed E-state index contributed by atoms with van der Waals surface area (Å²) in [5.41, 5.74) is 2.02. The highest BCUT2D eigenvalue weighted by Gasteiger charge is 2.21. The third-order valence-corrected chi connectivity index (χ3v) is 4.16. The maximum Gasteiger partial charge on any atom is 0.176 e. The van der Waals surface area contributed by atoms with Crippen LogP contribution in [-0.2, 0) is 0 Å². The number of hydrogen-bond donors (Lipinski definition) is 0. The Labute approximate surface area is 116 Å². The topological polar surface area (TPSA) is 20.3 Å². The Balaban J connectivity index is 2.04. The number of carbonyl (C=O) groups excluding carboxylic acids is 1. The summed E-state index contributed by atoms with van der Waals surface area (Å²) in [5.74, 6) is 0.268. The number of hydrogen-bond acceptors (Lipinski definition) is 2. The first-order valence-corrected chi connectivity index (χ1v) is 7.54. The number of ketones is 1. The molecule has 2 rings (SSSR count). The molecule has 0 aliphatic carbocycles. The minimum atomic E-state index is 0.268. The van der Waals surface area contributed by atoms with Gasteiger partial charge in [-0.05, 0) is 38.8 Å². The average Bonchev–Trinajstić information content (AvgIpc) is 2.63. The molecule has 1 aliphatic heterocycles. The first-order valence-electron chi connectivity index (χ1n) is 7.54. The number of carbonyl (C=O) groups is 1. The molecule has 104 valence electrons. The van der Waals surface area contributed by atoms with Crippen molar-refractivity contribution >= 4 is 5.78 Å². The monoisotopic (exact) mass is 259 g/mol. The van der Waals surface area contributed by atoms with Crippen molar-refractivity contribution in [3.8, 4) is 0 Å². The van der Waals surface area contributed by atoms with E-state index in [1.807, 2.05) is 31.2 Å². The second-order valence-corrected chi connectivity index (χ2v) is 5.67. The van der Waals surface area contributed by atoms with Crippen molar-refractivity contribution in [1.82, 2.24) is 4.90 Å². The smallest absolute Gasteiger partial charge is 0.176 e. The van der Waals surface area contributed by atoms with E-state index in [4.69, 9.17) is 0 Å². The van der Waals surface area contributed by atoms with E-state index in [1.165, 1.54) is 25.7 Å². The molecule has 1 atom stereocenters. The van der Waals surface area contributed by atoms with Crippen LogP contribution in [0.4, 0.5) is 0 Å². The van der Waals surface area contributed by atoms with Crippen molar-refractivity contribution in [3.63, 3.8) is 0 Å². The highest BCUT2D eigenvalue weighted by molar-refractivity contribution is 5.97. The fourth-order valence-electron chi connectivity index (χ4n) is 3.00. The maximum absolute atomic E-state index is 12.4. The lowest BCUT2D eigenvalue weighted by molar-refractivity contribution is 0.0890. The van der Waals surface area contributed by atoms with E-state index in [0.29, 0.717) is 12.6 Å². The molecule has 1 aromatic rings. The van der Waals surface area contributed by atoms with Crippen LogP contribution in [0.1, 0.15) is 54.9 Å². The number of rotatable bonds is 4. The van der Waals surface area contributed by atoms with Crippen LogP contribution >= 0.6 is 0 Å². The van der Waals surface area contributed by atoms with Gasteiger partial charge in [0.25, 0.3) is 0 Å². The molecular weight excluding hydrogens is 234 g/mol. The molecular formula is C17H25NO. The molecule has 0 aromatic heterocycles. The minimum absolute atomic E-state index is 0.268. The van der Waals surface area contributed by atoms with Gasteiger partial charge in [-0.1, -0.05) is 43.5 Å². The third-order valence-electron chi connectivity index (χ3n) is 4.16. The van der Waals surface area contributed by atoms with E-state index in [1.54, 1.807) is 0 Å². The van der Waals surface area contributed by atoms with Gasteiger partial charge in [0.1, 0.15) is 0 Å². The summed E-state index contributed by atoms with van der Waals surface area (Å²) in [5, 5.41) is 0. The fourth-order valence-corrected chi connectivity index (χ4v) is 3.00. The van der Waals surface area contributed by atoms with Crippen LogP contribution < -0.4 is 0 Å². The van der Waals surface area contributed by atoms with Crippen molar-refractivity contribution < 1.29 is 4.79 Å². The number of benzene rings is 1. The Morgan fingerprint density at radius 1 is 1.32 bits per heavy atom. The van der Waals surface area contributed by atoms with Crippen LogP contribution in [0, 0.1) is 6.92 Å². The Morgan fingerprint density at radius 3 is 2.89 bits per heavy atom. The van der Waals surface area contributed by atoms with Gasteiger partial charge in [-0.15, -0.1) is 0 Å². The Morgan fingerprint density at radius 2 is 2.16 bits per heavy atom. The minimum Gasteiger partial charge on any atom is -0.293 e. The zero-order valence-electron chi connectivity index (χ0n) is 12.2. The van der Waals surface area contributed by atoms with Crippen LogP contribution in [0.15, 0.2) is 24.3 Å². The Kier molecular flexibility index (Phi) is 5.15. The fraction of sp³-hybridized carbons (Fsp3) is 0.588. The molecule has 19 heavy (non-hydrogen) atoms. The SMILES string of the molecule is CCC1CCCCCN1CC(=O)c1cccc(C)c1. The van der Waals surface area contributed by atoms with E-state index in [9.17, 15) is 4.79 Å². The normalized spacial score (nSPS) is 21.1. The number of Topliss-reactive ketones (excluding diaryl/α,β-unsaturated/α-hetero) is 1. The molecule has 1 fully saturated rings. The number of likely N-dealkylation sites (tertiary alicyclic amines) is 1. The molecule has 0 amide bonds. The number of nitrogens with zero attached hydrogens (tertiary/aromatic N) is 1. The van der Waals surface area contributed by atoms with Crippen LogP contribution in [0.3, 0.4) is 0 Å². The second kappa shape index (κ2) is 6.85. The molecule has 1 aliphatic rings. The Bertz CT molecular complexity index is 427. The maximum atomic E-state index is 12.4. The molecule has 1 unspecified atom stereocenters. The molecule has 0 N–H and O–H groups in total. The molecule has 2 nitrogen and oxygen atoms in total. The van der Waals surface area contributed by atoms with E-state index >= 15 is 0 Å². The standard InChI is InChI=1S/C17H25NO/c1-3-16-10-5-4-6-11-18(16)13-17(19)15-9-7-8-14(2)12-15/h7-9,12,16H,3-6,10-11,13H2,1-2H3. The molecule has 0 radical (unpaired) electrons. The Hall–Kier alpha value is -1.15. The predicted molar refractivity (Wildman–Crippen MR) is 79.6 cm³/mol. The molecule has 1 saturated heterocycles. The van der Waals surface area contributed by atoms with Crippen LogP contribution in [0.5, 0.6) is 0 Å². The van der Waals surface area contributed by atoms with Crippen molar-refractivity contribution in [2.75, 3.05) is 13.1 Å². The zero-order chi connectivity index (χ0) is 13.7. The molecule has 2 heteroatoms. The van der Waals surface area contributed by atoms with Crippen LogP contribution in [-0.4, -0.2) is 29.8 Å². The zero-order valence-corrected chi connectivity index (χ0v) is 12.2. The average molecular weight is 259 g/mol. The van der Waals surface area contributed by atoms with Crippen molar-refractivity contribution in [1.29, 1.82) is 0 Å². The first-order chi connectivity index (χ1) is 9.20. The highest BCUT2D eigenvalue weighted by atomic mass is 16.1. The lowest BCUT2D eigenvalue weighted by Gasteiger charge is -2.28. The number of aryl methyl sites for hydroxylation is 1. The molecule has 0 bridgehead atoms. The quantitative estimate of drug-likeness (QED) is 0.766. The summed E-state index contributed by atoms with van der Waals surface area (Å²) in [6.45, 7) is 5.94. The predicted octanol–water partition coefficient (Wildman–Crippen LogP) is 3.83. The highest BCUT2D eigenvalue weighted by Crippen LogP contribution is 2.19. The summed E-state index contributed by atoms with van der Waals surface area (Å²) in [6, 6.07) is 8.55. The van der Waals surface area contributed by atoms with Gasteiger partial charge in [0.15, 0.2) is 5.78 Å². The van der Waals surface area contributed by atoms with Gasteiger partial charge in [-0.2, -0.15) is 0 Å². The van der Waals surface area contributed by atoms with Gasteiger partial charge >= 0.3 is 0 Å². The first kappa shape index (κ1) is 14.3. The van der Waals surface area contributed by atoms with E-state index in [2.05, 4.69) is 11.8 Å². The van der Waals surface area contributed by atoms with Gasteiger partial charge in [-0.25, -0.2) is 0 Å². The van der Waals surface area contributed by atoms with Crippen molar-refractivity contribution in [2.45, 2.75) is 52.0 Å². The van der Waals surface area contributed by atoms with Gasteiger partial charge in [0.2, 0.25) is 0 Å². The molecule has 0 spiro atoms. The van der Waals surface area contributed by atoms with Crippen LogP contribution in [0.2, 0.25) is 0 Å². The van der Waals surface area contributed by atoms with Gasteiger partial charge in [-0.3, -0.25) is 9.69 Å². The van der Waals surface area contributed by atoms with Gasteiger partial charge in [0, 0.05) is 11.6 Å². The van der Waals surface area contributed by atoms with E-state index in [0.717, 1.165) is 24.1 Å². The van der Waals surface area contributed by atoms with Gasteiger partial charge in [0.05, 0.1) is 6.54 Å². The van der Waals surface area contributed by atoms with Gasteiger partial charge < -0.3 is 0 Å². The third kappa shape index (κ3) is 3.90. The van der Waals surface area contributed by atoms with Crippen LogP contribution in [0.25, 0.3) is 0 Å². The second-order valence-electron chi connectivity index (χ2n) is 5.67. The molecule has 0 saturated carbocycles. The van der Waals surface area contributed by atoms with Crippen molar-refractivity contribution in [2.24, 2.45) is 0 Å². The van der Waals surface area contributed by atoms with E-state index < -0.39 is 0 Å². The summed E-state index contributed by atoms with van der Waals surface area (Å²) in [7, 11) is 0. The summed E-state index contributed by atoms with van der Waals surface area (Å²) in [6.07, 6.45) is 6.26. The largest absolute Gasteiger partial charge is 0.293 e. The molecule has 1 heterocycles. The lowest BCUT2D eigenvalue weighted by atomic mass is 10.0. The molecule has 1 aromatic carbocycles. The summed E-state index contributed by atoms with van der Waals surface area (Å²) >= 11 is 0. The summed E-state index contributed by atoms with van der Waals surface area (Å²) < 4.78 is 0. The lowest BCUT2D eigenvalue weighted by Crippen LogP contribution is -2.38. The van der Waals surface area contributed by atoms with Crippen molar-refractivity contribution in [3.05, 3.63) is 35.4 Å².